The molecule has 0 aromatic rings. The lowest BCUT2D eigenvalue weighted by Crippen LogP contribution is -2.52. The third kappa shape index (κ3) is 1.39. The van der Waals surface area contributed by atoms with E-state index in [-0.39, 0.29) is 11.6 Å². The molecule has 1 rings (SSSR count). The maximum atomic E-state index is 10.3. The molecule has 4 heteroatoms. The molecule has 1 saturated carbocycles. The predicted octanol–water partition coefficient (Wildman–Crippen LogP) is -0.0385. The first-order chi connectivity index (χ1) is 4.52. The van der Waals surface area contributed by atoms with Gasteiger partial charge in [-0.2, -0.15) is 0 Å². The number of primary amides is 1. The van der Waals surface area contributed by atoms with E-state index in [9.17, 15) is 4.79 Å². The van der Waals surface area contributed by atoms with Crippen LogP contribution in [0.3, 0.4) is 0 Å². The van der Waals surface area contributed by atoms with E-state index in [1.807, 2.05) is 6.92 Å². The van der Waals surface area contributed by atoms with Crippen LogP contribution in [0.5, 0.6) is 0 Å². The highest BCUT2D eigenvalue weighted by molar-refractivity contribution is 5.65. The Bertz CT molecular complexity index is 152. The van der Waals surface area contributed by atoms with E-state index < -0.39 is 6.09 Å². The van der Waals surface area contributed by atoms with Crippen LogP contribution in [0, 0.1) is 0 Å². The molecule has 58 valence electrons. The summed E-state index contributed by atoms with van der Waals surface area (Å²) in [6, 6.07) is 0.171. The normalized spacial score (nSPS) is 38.4. The molecule has 0 bridgehead atoms. The number of nitrogens with two attached hydrogens (primary N) is 2. The summed E-state index contributed by atoms with van der Waals surface area (Å²) < 4.78 is 4.80. The molecule has 0 aromatic carbocycles. The van der Waals surface area contributed by atoms with Crippen molar-refractivity contribution in [3.63, 3.8) is 0 Å². The zero-order chi connectivity index (χ0) is 7.78. The second-order valence-corrected chi connectivity index (χ2v) is 3.04. The Morgan fingerprint density at radius 1 is 1.70 bits per heavy atom. The standard InChI is InChI=1S/C6H12N2O2/c1-6(10-5(8)9)2-4(7)3-6/h4H,2-3,7H2,1H3,(H2,8,9). The smallest absolute Gasteiger partial charge is 0.405 e. The number of carbonyl (C=O) groups is 1. The van der Waals surface area contributed by atoms with Crippen LogP contribution in [-0.4, -0.2) is 17.7 Å². The second-order valence-electron chi connectivity index (χ2n) is 3.04. The summed E-state index contributed by atoms with van der Waals surface area (Å²) in [5.41, 5.74) is 9.95. The summed E-state index contributed by atoms with van der Waals surface area (Å²) in [6.07, 6.45) is 0.723. The van der Waals surface area contributed by atoms with Crippen LogP contribution in [0.1, 0.15) is 19.8 Å². The average molecular weight is 144 g/mol. The first kappa shape index (κ1) is 7.34. The van der Waals surface area contributed by atoms with Crippen molar-refractivity contribution in [1.82, 2.24) is 0 Å². The van der Waals surface area contributed by atoms with Crippen molar-refractivity contribution in [2.45, 2.75) is 31.4 Å². The Hall–Kier alpha value is -0.770. The van der Waals surface area contributed by atoms with E-state index in [4.69, 9.17) is 16.2 Å². The van der Waals surface area contributed by atoms with Gasteiger partial charge in [0, 0.05) is 18.9 Å². The number of hydrogen-bond acceptors (Lipinski definition) is 3. The Morgan fingerprint density at radius 2 is 2.20 bits per heavy atom. The zero-order valence-corrected chi connectivity index (χ0v) is 5.96. The van der Waals surface area contributed by atoms with Gasteiger partial charge in [0.15, 0.2) is 0 Å². The molecular formula is C6H12N2O2. The molecule has 1 aliphatic carbocycles. The van der Waals surface area contributed by atoms with Crippen molar-refractivity contribution in [2.75, 3.05) is 0 Å². The quantitative estimate of drug-likeness (QED) is 0.542. The first-order valence-electron chi connectivity index (χ1n) is 3.26. The van der Waals surface area contributed by atoms with Gasteiger partial charge in [-0.3, -0.25) is 0 Å². The van der Waals surface area contributed by atoms with Gasteiger partial charge in [0.1, 0.15) is 5.60 Å². The molecule has 0 spiro atoms. The van der Waals surface area contributed by atoms with Crippen LogP contribution >= 0.6 is 0 Å². The van der Waals surface area contributed by atoms with E-state index in [1.54, 1.807) is 0 Å². The van der Waals surface area contributed by atoms with E-state index in [1.165, 1.54) is 0 Å². The molecule has 10 heavy (non-hydrogen) atoms. The van der Waals surface area contributed by atoms with Crippen molar-refractivity contribution in [1.29, 1.82) is 0 Å². The summed E-state index contributed by atoms with van der Waals surface area (Å²) in [4.78, 5) is 10.3. The summed E-state index contributed by atoms with van der Waals surface area (Å²) in [7, 11) is 0. The van der Waals surface area contributed by atoms with Gasteiger partial charge in [0.25, 0.3) is 0 Å². The number of ether oxygens (including phenoxy) is 1. The summed E-state index contributed by atoms with van der Waals surface area (Å²) >= 11 is 0. The molecule has 0 aromatic heterocycles. The summed E-state index contributed by atoms with van der Waals surface area (Å²) in [5, 5.41) is 0. The number of hydrogen-bond donors (Lipinski definition) is 2. The lowest BCUT2D eigenvalue weighted by atomic mass is 9.77. The second kappa shape index (κ2) is 2.12. The van der Waals surface area contributed by atoms with Gasteiger partial charge in [-0.1, -0.05) is 0 Å². The molecule has 4 N–H and O–H groups in total. The van der Waals surface area contributed by atoms with E-state index in [0.29, 0.717) is 0 Å². The van der Waals surface area contributed by atoms with Crippen LogP contribution in [0.2, 0.25) is 0 Å². The van der Waals surface area contributed by atoms with Gasteiger partial charge in [-0.05, 0) is 6.92 Å². The van der Waals surface area contributed by atoms with Gasteiger partial charge < -0.3 is 16.2 Å². The highest BCUT2D eigenvalue weighted by Gasteiger charge is 2.41. The molecule has 4 nitrogen and oxygen atoms in total. The molecule has 0 aliphatic heterocycles. The van der Waals surface area contributed by atoms with Crippen LogP contribution in [-0.2, 0) is 4.74 Å². The Labute approximate surface area is 59.5 Å². The third-order valence-electron chi connectivity index (χ3n) is 1.73. The lowest BCUT2D eigenvalue weighted by Gasteiger charge is -2.41. The SMILES string of the molecule is CC1(OC(N)=O)CC(N)C1. The number of rotatable bonds is 1. The van der Waals surface area contributed by atoms with Crippen LogP contribution in [0.25, 0.3) is 0 Å². The highest BCUT2D eigenvalue weighted by atomic mass is 16.6. The predicted molar refractivity (Wildman–Crippen MR) is 36.3 cm³/mol. The largest absolute Gasteiger partial charge is 0.443 e. The summed E-state index contributed by atoms with van der Waals surface area (Å²) in [5.74, 6) is 0. The van der Waals surface area contributed by atoms with E-state index in [2.05, 4.69) is 0 Å². The van der Waals surface area contributed by atoms with Crippen molar-refractivity contribution in [2.24, 2.45) is 11.5 Å². The Kier molecular flexibility index (Phi) is 1.56. The minimum atomic E-state index is -0.714. The maximum absolute atomic E-state index is 10.3. The minimum Gasteiger partial charge on any atom is -0.443 e. The van der Waals surface area contributed by atoms with Crippen molar-refractivity contribution in [3.05, 3.63) is 0 Å². The topological polar surface area (TPSA) is 78.3 Å². The van der Waals surface area contributed by atoms with Crippen LogP contribution < -0.4 is 11.5 Å². The van der Waals surface area contributed by atoms with Gasteiger partial charge in [-0.25, -0.2) is 4.79 Å². The Morgan fingerprint density at radius 3 is 2.50 bits per heavy atom. The van der Waals surface area contributed by atoms with Crippen molar-refractivity contribution < 1.29 is 9.53 Å². The van der Waals surface area contributed by atoms with E-state index in [0.717, 1.165) is 12.8 Å². The first-order valence-corrected chi connectivity index (χ1v) is 3.26. The molecule has 1 fully saturated rings. The molecule has 0 unspecified atom stereocenters. The van der Waals surface area contributed by atoms with E-state index >= 15 is 0 Å². The highest BCUT2D eigenvalue weighted by Crippen LogP contribution is 2.33. The third-order valence-corrected chi connectivity index (χ3v) is 1.73. The fourth-order valence-corrected chi connectivity index (χ4v) is 1.38. The fourth-order valence-electron chi connectivity index (χ4n) is 1.38. The molecule has 0 atom stereocenters. The van der Waals surface area contributed by atoms with Gasteiger partial charge in [0.2, 0.25) is 0 Å². The number of carbonyl (C=O) groups excluding carboxylic acids is 1. The minimum absolute atomic E-state index is 0.171. The van der Waals surface area contributed by atoms with Crippen molar-refractivity contribution >= 4 is 6.09 Å². The van der Waals surface area contributed by atoms with Crippen molar-refractivity contribution in [3.8, 4) is 0 Å². The van der Waals surface area contributed by atoms with Gasteiger partial charge >= 0.3 is 6.09 Å². The fraction of sp³-hybridized carbons (Fsp3) is 0.833. The number of amides is 1. The summed E-state index contributed by atoms with van der Waals surface area (Å²) in [6.45, 7) is 1.83. The van der Waals surface area contributed by atoms with Crippen LogP contribution in [0.4, 0.5) is 4.79 Å². The molecule has 0 radical (unpaired) electrons. The molecule has 0 saturated heterocycles. The average Bonchev–Trinajstić information content (AvgIpc) is 1.57. The molecular weight excluding hydrogens is 132 g/mol. The molecule has 0 heterocycles. The molecule has 1 amide bonds. The lowest BCUT2D eigenvalue weighted by molar-refractivity contribution is -0.0395. The Balaban J connectivity index is 2.34. The maximum Gasteiger partial charge on any atom is 0.405 e. The molecule has 1 aliphatic rings. The van der Waals surface area contributed by atoms with Crippen LogP contribution in [0.15, 0.2) is 0 Å². The van der Waals surface area contributed by atoms with Gasteiger partial charge in [-0.15, -0.1) is 0 Å². The monoisotopic (exact) mass is 144 g/mol. The van der Waals surface area contributed by atoms with Gasteiger partial charge in [0.05, 0.1) is 0 Å². The zero-order valence-electron chi connectivity index (χ0n) is 5.96.